The maximum absolute atomic E-state index is 11.2. The fourth-order valence-electron chi connectivity index (χ4n) is 1.70. The lowest BCUT2D eigenvalue weighted by Crippen LogP contribution is -1.94. The number of carbonyl (C=O) groups is 1. The molecule has 0 spiro atoms. The summed E-state index contributed by atoms with van der Waals surface area (Å²) in [6.07, 6.45) is 0. The molecule has 0 radical (unpaired) electrons. The lowest BCUT2D eigenvalue weighted by atomic mass is 10.1. The van der Waals surface area contributed by atoms with Crippen LogP contribution in [0.1, 0.15) is 22.8 Å². The van der Waals surface area contributed by atoms with E-state index in [1.807, 2.05) is 36.4 Å². The molecular formula is C15H15NO2. The number of ketones is 1. The van der Waals surface area contributed by atoms with E-state index >= 15 is 0 Å². The molecule has 0 bridgehead atoms. The Morgan fingerprint density at radius 1 is 1.11 bits per heavy atom. The Bertz CT molecular complexity index is 547. The largest absolute Gasteiger partial charge is 0.392 e. The molecule has 0 saturated heterocycles. The van der Waals surface area contributed by atoms with Gasteiger partial charge in [0.15, 0.2) is 5.78 Å². The number of Topliss-reactive ketones (excluding diaryl/α,β-unsaturated/α-hetero) is 1. The summed E-state index contributed by atoms with van der Waals surface area (Å²) in [6.45, 7) is 1.58. The number of rotatable bonds is 4. The van der Waals surface area contributed by atoms with E-state index in [-0.39, 0.29) is 12.4 Å². The fraction of sp³-hybridized carbons (Fsp3) is 0.133. The van der Waals surface area contributed by atoms with Gasteiger partial charge in [-0.25, -0.2) is 0 Å². The van der Waals surface area contributed by atoms with Crippen LogP contribution in [0, 0.1) is 0 Å². The van der Waals surface area contributed by atoms with E-state index in [0.29, 0.717) is 5.56 Å². The number of anilines is 2. The van der Waals surface area contributed by atoms with Gasteiger partial charge < -0.3 is 10.4 Å². The summed E-state index contributed by atoms with van der Waals surface area (Å²) in [5, 5.41) is 12.3. The smallest absolute Gasteiger partial charge is 0.159 e. The predicted molar refractivity (Wildman–Crippen MR) is 72.1 cm³/mol. The molecule has 0 aliphatic heterocycles. The first-order chi connectivity index (χ1) is 8.69. The molecule has 2 N–H and O–H groups in total. The van der Waals surface area contributed by atoms with Crippen LogP contribution in [0.3, 0.4) is 0 Å². The first kappa shape index (κ1) is 12.3. The van der Waals surface area contributed by atoms with Crippen molar-refractivity contribution in [3.05, 3.63) is 59.7 Å². The summed E-state index contributed by atoms with van der Waals surface area (Å²) >= 11 is 0. The Balaban J connectivity index is 2.15. The van der Waals surface area contributed by atoms with Gasteiger partial charge in [0.1, 0.15) is 0 Å². The normalized spacial score (nSPS) is 10.1. The van der Waals surface area contributed by atoms with E-state index in [4.69, 9.17) is 5.11 Å². The minimum absolute atomic E-state index is 0.0266. The van der Waals surface area contributed by atoms with E-state index in [1.165, 1.54) is 0 Å². The van der Waals surface area contributed by atoms with Crippen LogP contribution >= 0.6 is 0 Å². The van der Waals surface area contributed by atoms with Gasteiger partial charge in [-0.05, 0) is 48.9 Å². The molecule has 0 aliphatic rings. The third-order valence-corrected chi connectivity index (χ3v) is 2.69. The maximum Gasteiger partial charge on any atom is 0.159 e. The van der Waals surface area contributed by atoms with Gasteiger partial charge in [0.25, 0.3) is 0 Å². The number of hydrogen-bond acceptors (Lipinski definition) is 3. The third-order valence-electron chi connectivity index (χ3n) is 2.69. The van der Waals surface area contributed by atoms with Crippen molar-refractivity contribution < 1.29 is 9.90 Å². The molecule has 0 aromatic heterocycles. The van der Waals surface area contributed by atoms with Crippen molar-refractivity contribution >= 4 is 17.2 Å². The highest BCUT2D eigenvalue weighted by molar-refractivity contribution is 5.94. The average molecular weight is 241 g/mol. The Labute approximate surface area is 106 Å². The van der Waals surface area contributed by atoms with Crippen molar-refractivity contribution in [1.29, 1.82) is 0 Å². The van der Waals surface area contributed by atoms with Crippen LogP contribution in [-0.4, -0.2) is 10.9 Å². The molecular weight excluding hydrogens is 226 g/mol. The van der Waals surface area contributed by atoms with Crippen molar-refractivity contribution in [2.75, 3.05) is 5.32 Å². The topological polar surface area (TPSA) is 49.3 Å². The second kappa shape index (κ2) is 5.47. The van der Waals surface area contributed by atoms with Crippen LogP contribution in [0.25, 0.3) is 0 Å². The minimum atomic E-state index is 0.0266. The highest BCUT2D eigenvalue weighted by Crippen LogP contribution is 2.18. The Morgan fingerprint density at radius 2 is 1.83 bits per heavy atom. The van der Waals surface area contributed by atoms with Gasteiger partial charge in [-0.3, -0.25) is 4.79 Å². The van der Waals surface area contributed by atoms with E-state index in [2.05, 4.69) is 5.32 Å². The lowest BCUT2D eigenvalue weighted by molar-refractivity contribution is 0.101. The summed E-state index contributed by atoms with van der Waals surface area (Å²) < 4.78 is 0. The van der Waals surface area contributed by atoms with E-state index in [0.717, 1.165) is 16.9 Å². The molecule has 3 nitrogen and oxygen atoms in total. The van der Waals surface area contributed by atoms with Gasteiger partial charge in [-0.15, -0.1) is 0 Å². The summed E-state index contributed by atoms with van der Waals surface area (Å²) in [5.41, 5.74) is 3.39. The molecule has 0 atom stereocenters. The molecule has 0 amide bonds. The van der Waals surface area contributed by atoms with Crippen molar-refractivity contribution in [2.45, 2.75) is 13.5 Å². The van der Waals surface area contributed by atoms with Crippen molar-refractivity contribution in [2.24, 2.45) is 0 Å². The monoisotopic (exact) mass is 241 g/mol. The quantitative estimate of drug-likeness (QED) is 0.808. The van der Waals surface area contributed by atoms with Crippen LogP contribution in [0.5, 0.6) is 0 Å². The Kier molecular flexibility index (Phi) is 3.75. The summed E-state index contributed by atoms with van der Waals surface area (Å²) in [6, 6.07) is 14.9. The summed E-state index contributed by atoms with van der Waals surface area (Å²) in [5.74, 6) is 0.0591. The molecule has 3 heteroatoms. The third kappa shape index (κ3) is 2.96. The van der Waals surface area contributed by atoms with Crippen LogP contribution in [0.15, 0.2) is 48.5 Å². The van der Waals surface area contributed by atoms with Gasteiger partial charge >= 0.3 is 0 Å². The lowest BCUT2D eigenvalue weighted by Gasteiger charge is -2.08. The van der Waals surface area contributed by atoms with Gasteiger partial charge in [0, 0.05) is 16.9 Å². The number of benzene rings is 2. The molecule has 2 rings (SSSR count). The first-order valence-electron chi connectivity index (χ1n) is 5.77. The molecule has 0 fully saturated rings. The second-order valence-electron chi connectivity index (χ2n) is 4.12. The highest BCUT2D eigenvalue weighted by Gasteiger charge is 2.00. The zero-order valence-corrected chi connectivity index (χ0v) is 10.2. The molecule has 2 aromatic rings. The first-order valence-corrected chi connectivity index (χ1v) is 5.77. The number of aliphatic hydroxyl groups is 1. The van der Waals surface area contributed by atoms with Crippen molar-refractivity contribution in [3.8, 4) is 0 Å². The van der Waals surface area contributed by atoms with E-state index < -0.39 is 0 Å². The predicted octanol–water partition coefficient (Wildman–Crippen LogP) is 3.13. The number of aliphatic hydroxyl groups excluding tert-OH is 1. The molecule has 92 valence electrons. The number of carbonyl (C=O) groups excluding carboxylic acids is 1. The van der Waals surface area contributed by atoms with Crippen LogP contribution < -0.4 is 5.32 Å². The van der Waals surface area contributed by atoms with E-state index in [9.17, 15) is 4.79 Å². The van der Waals surface area contributed by atoms with Gasteiger partial charge in [-0.1, -0.05) is 12.1 Å². The highest BCUT2D eigenvalue weighted by atomic mass is 16.3. The molecule has 2 aromatic carbocycles. The maximum atomic E-state index is 11.2. The Morgan fingerprint density at radius 3 is 2.44 bits per heavy atom. The average Bonchev–Trinajstić information content (AvgIpc) is 2.39. The van der Waals surface area contributed by atoms with Gasteiger partial charge in [0.2, 0.25) is 0 Å². The van der Waals surface area contributed by atoms with Crippen molar-refractivity contribution in [3.63, 3.8) is 0 Å². The van der Waals surface area contributed by atoms with Crippen LogP contribution in [0.2, 0.25) is 0 Å². The van der Waals surface area contributed by atoms with Crippen LogP contribution in [-0.2, 0) is 6.61 Å². The zero-order chi connectivity index (χ0) is 13.0. The standard InChI is InChI=1S/C15H15NO2/c1-11(18)13-5-7-14(8-6-13)16-15-4-2-3-12(9-15)10-17/h2-9,16-17H,10H2,1H3. The summed E-state index contributed by atoms with van der Waals surface area (Å²) in [4.78, 5) is 11.2. The van der Waals surface area contributed by atoms with Crippen LogP contribution in [0.4, 0.5) is 11.4 Å². The summed E-state index contributed by atoms with van der Waals surface area (Å²) in [7, 11) is 0. The molecule has 0 unspecified atom stereocenters. The number of nitrogens with one attached hydrogen (secondary N) is 1. The molecule has 0 heterocycles. The zero-order valence-electron chi connectivity index (χ0n) is 10.2. The molecule has 0 saturated carbocycles. The molecule has 0 aliphatic carbocycles. The van der Waals surface area contributed by atoms with Gasteiger partial charge in [0.05, 0.1) is 6.61 Å². The van der Waals surface area contributed by atoms with Gasteiger partial charge in [-0.2, -0.15) is 0 Å². The fourth-order valence-corrected chi connectivity index (χ4v) is 1.70. The van der Waals surface area contributed by atoms with Crippen molar-refractivity contribution in [1.82, 2.24) is 0 Å². The van der Waals surface area contributed by atoms with E-state index in [1.54, 1.807) is 19.1 Å². The number of hydrogen-bond donors (Lipinski definition) is 2. The SMILES string of the molecule is CC(=O)c1ccc(Nc2cccc(CO)c2)cc1. The Hall–Kier alpha value is -2.13. The molecule has 18 heavy (non-hydrogen) atoms. The minimum Gasteiger partial charge on any atom is -0.392 e. The second-order valence-corrected chi connectivity index (χ2v) is 4.12.